The smallest absolute Gasteiger partial charge is 0.207 e. The lowest BCUT2D eigenvalue weighted by atomic mass is 10.2. The molecule has 0 aromatic rings. The van der Waals surface area contributed by atoms with Crippen molar-refractivity contribution in [3.63, 3.8) is 0 Å². The zero-order valence-corrected chi connectivity index (χ0v) is 10.3. The molecule has 90 valence electrons. The Kier molecular flexibility index (Phi) is 11.1. The number of nitrogens with zero attached hydrogens (tertiary/aromatic N) is 1. The van der Waals surface area contributed by atoms with E-state index in [2.05, 4.69) is 24.1 Å². The summed E-state index contributed by atoms with van der Waals surface area (Å²) in [5, 5.41) is 2.70. The Balaban J connectivity index is 3.33. The van der Waals surface area contributed by atoms with Gasteiger partial charge in [-0.15, -0.1) is 0 Å². The summed E-state index contributed by atoms with van der Waals surface area (Å²) < 4.78 is 0. The Bertz CT molecular complexity index is 140. The molecule has 0 fully saturated rings. The van der Waals surface area contributed by atoms with E-state index in [1.54, 1.807) is 0 Å². The summed E-state index contributed by atoms with van der Waals surface area (Å²) in [5.41, 5.74) is 0. The molecule has 1 amide bonds. The van der Waals surface area contributed by atoms with Gasteiger partial charge in [0, 0.05) is 6.54 Å². The molecule has 0 rings (SSSR count). The summed E-state index contributed by atoms with van der Waals surface area (Å²) in [6.07, 6.45) is 7.14. The van der Waals surface area contributed by atoms with Crippen LogP contribution in [0.5, 0.6) is 0 Å². The molecule has 3 nitrogen and oxygen atoms in total. The number of rotatable bonds is 11. The fourth-order valence-electron chi connectivity index (χ4n) is 1.65. The highest BCUT2D eigenvalue weighted by molar-refractivity contribution is 5.45. The molecule has 0 heterocycles. The SMILES string of the molecule is CCCCCCN(CC)CCCNC=O. The van der Waals surface area contributed by atoms with E-state index in [4.69, 9.17) is 0 Å². The largest absolute Gasteiger partial charge is 0.359 e. The van der Waals surface area contributed by atoms with Gasteiger partial charge in [0.2, 0.25) is 6.41 Å². The van der Waals surface area contributed by atoms with E-state index in [1.165, 1.54) is 32.2 Å². The van der Waals surface area contributed by atoms with Gasteiger partial charge in [-0.2, -0.15) is 0 Å². The van der Waals surface area contributed by atoms with Crippen molar-refractivity contribution in [1.29, 1.82) is 0 Å². The molecule has 0 aliphatic heterocycles. The van der Waals surface area contributed by atoms with Crippen LogP contribution in [0.25, 0.3) is 0 Å². The van der Waals surface area contributed by atoms with Crippen LogP contribution < -0.4 is 5.32 Å². The lowest BCUT2D eigenvalue weighted by molar-refractivity contribution is -0.109. The van der Waals surface area contributed by atoms with Crippen LogP contribution in [-0.2, 0) is 4.79 Å². The molecule has 3 heteroatoms. The van der Waals surface area contributed by atoms with Crippen LogP contribution >= 0.6 is 0 Å². The van der Waals surface area contributed by atoms with E-state index in [9.17, 15) is 4.79 Å². The van der Waals surface area contributed by atoms with Crippen LogP contribution in [-0.4, -0.2) is 37.5 Å². The van der Waals surface area contributed by atoms with E-state index >= 15 is 0 Å². The van der Waals surface area contributed by atoms with Gasteiger partial charge in [0.05, 0.1) is 0 Å². The lowest BCUT2D eigenvalue weighted by Gasteiger charge is -2.19. The quantitative estimate of drug-likeness (QED) is 0.421. The number of amides is 1. The predicted molar refractivity (Wildman–Crippen MR) is 64.9 cm³/mol. The fraction of sp³-hybridized carbons (Fsp3) is 0.917. The van der Waals surface area contributed by atoms with Crippen molar-refractivity contribution < 1.29 is 4.79 Å². The van der Waals surface area contributed by atoms with Gasteiger partial charge in [-0.3, -0.25) is 4.79 Å². The maximum atomic E-state index is 10.0. The van der Waals surface area contributed by atoms with Crippen molar-refractivity contribution >= 4 is 6.41 Å². The lowest BCUT2D eigenvalue weighted by Crippen LogP contribution is -2.28. The third-order valence-electron chi connectivity index (χ3n) is 2.65. The maximum Gasteiger partial charge on any atom is 0.207 e. The molecule has 0 atom stereocenters. The van der Waals surface area contributed by atoms with Gasteiger partial charge in [0.15, 0.2) is 0 Å². The first kappa shape index (κ1) is 14.4. The van der Waals surface area contributed by atoms with E-state index in [-0.39, 0.29) is 0 Å². The van der Waals surface area contributed by atoms with Gasteiger partial charge < -0.3 is 10.2 Å². The minimum Gasteiger partial charge on any atom is -0.359 e. The van der Waals surface area contributed by atoms with Gasteiger partial charge in [-0.05, 0) is 32.5 Å². The summed E-state index contributed by atoms with van der Waals surface area (Å²) >= 11 is 0. The van der Waals surface area contributed by atoms with Gasteiger partial charge in [0.25, 0.3) is 0 Å². The molecule has 1 N–H and O–H groups in total. The summed E-state index contributed by atoms with van der Waals surface area (Å²) in [6, 6.07) is 0. The van der Waals surface area contributed by atoms with Gasteiger partial charge in [-0.1, -0.05) is 33.1 Å². The first-order valence-corrected chi connectivity index (χ1v) is 6.24. The van der Waals surface area contributed by atoms with Crippen molar-refractivity contribution in [2.45, 2.75) is 46.0 Å². The standard InChI is InChI=1S/C12H26N2O/c1-3-5-6-7-10-14(4-2)11-8-9-13-12-15/h12H,3-11H2,1-2H3,(H,13,15). The third kappa shape index (κ3) is 9.73. The van der Waals surface area contributed by atoms with Crippen LogP contribution in [0.2, 0.25) is 0 Å². The monoisotopic (exact) mass is 214 g/mol. The number of unbranched alkanes of at least 4 members (excludes halogenated alkanes) is 3. The Morgan fingerprint density at radius 2 is 1.80 bits per heavy atom. The number of nitrogens with one attached hydrogen (secondary N) is 1. The Hall–Kier alpha value is -0.570. The average molecular weight is 214 g/mol. The molecular formula is C12H26N2O. The highest BCUT2D eigenvalue weighted by Gasteiger charge is 2.00. The number of hydrogen-bond donors (Lipinski definition) is 1. The third-order valence-corrected chi connectivity index (χ3v) is 2.65. The fourth-order valence-corrected chi connectivity index (χ4v) is 1.65. The molecule has 0 radical (unpaired) electrons. The summed E-state index contributed by atoms with van der Waals surface area (Å²) in [7, 11) is 0. The second kappa shape index (κ2) is 11.5. The van der Waals surface area contributed by atoms with E-state index in [1.807, 2.05) is 0 Å². The predicted octanol–water partition coefficient (Wildman–Crippen LogP) is 2.02. The molecule has 0 saturated carbocycles. The Morgan fingerprint density at radius 1 is 1.07 bits per heavy atom. The van der Waals surface area contributed by atoms with Gasteiger partial charge >= 0.3 is 0 Å². The van der Waals surface area contributed by atoms with Gasteiger partial charge in [0.1, 0.15) is 0 Å². The number of hydrogen-bond acceptors (Lipinski definition) is 2. The Morgan fingerprint density at radius 3 is 2.40 bits per heavy atom. The van der Waals surface area contributed by atoms with Crippen LogP contribution in [0.15, 0.2) is 0 Å². The average Bonchev–Trinajstić information content (AvgIpc) is 2.27. The molecule has 0 unspecified atom stereocenters. The summed E-state index contributed by atoms with van der Waals surface area (Å²) in [6.45, 7) is 8.67. The summed E-state index contributed by atoms with van der Waals surface area (Å²) in [4.78, 5) is 12.5. The Labute approximate surface area is 94.2 Å². The molecule has 0 aromatic carbocycles. The van der Waals surface area contributed by atoms with E-state index in [0.717, 1.165) is 32.5 Å². The first-order chi connectivity index (χ1) is 7.35. The zero-order chi connectivity index (χ0) is 11.4. The van der Waals surface area contributed by atoms with Crippen molar-refractivity contribution in [3.05, 3.63) is 0 Å². The van der Waals surface area contributed by atoms with Crippen molar-refractivity contribution in [2.24, 2.45) is 0 Å². The summed E-state index contributed by atoms with van der Waals surface area (Å²) in [5.74, 6) is 0. The normalized spacial score (nSPS) is 10.6. The highest BCUT2D eigenvalue weighted by Crippen LogP contribution is 2.01. The number of carbonyl (C=O) groups is 1. The van der Waals surface area contributed by atoms with Crippen molar-refractivity contribution in [2.75, 3.05) is 26.2 Å². The van der Waals surface area contributed by atoms with E-state index in [0.29, 0.717) is 0 Å². The van der Waals surface area contributed by atoms with Gasteiger partial charge in [-0.25, -0.2) is 0 Å². The van der Waals surface area contributed by atoms with Crippen LogP contribution in [0, 0.1) is 0 Å². The second-order valence-corrected chi connectivity index (χ2v) is 3.92. The molecule has 0 aromatic heterocycles. The zero-order valence-electron chi connectivity index (χ0n) is 10.3. The topological polar surface area (TPSA) is 32.3 Å². The molecule has 0 spiro atoms. The molecule has 0 saturated heterocycles. The van der Waals surface area contributed by atoms with Crippen LogP contribution in [0.3, 0.4) is 0 Å². The minimum absolute atomic E-state index is 0.775. The number of carbonyl (C=O) groups excluding carboxylic acids is 1. The molecule has 0 aliphatic rings. The van der Waals surface area contributed by atoms with Crippen LogP contribution in [0.1, 0.15) is 46.0 Å². The molecule has 0 bridgehead atoms. The highest BCUT2D eigenvalue weighted by atomic mass is 16.1. The van der Waals surface area contributed by atoms with Crippen molar-refractivity contribution in [1.82, 2.24) is 10.2 Å². The van der Waals surface area contributed by atoms with E-state index < -0.39 is 0 Å². The minimum atomic E-state index is 0.775. The second-order valence-electron chi connectivity index (χ2n) is 3.92. The maximum absolute atomic E-state index is 10.0. The first-order valence-electron chi connectivity index (χ1n) is 6.24. The molecule has 15 heavy (non-hydrogen) atoms. The molecule has 0 aliphatic carbocycles. The van der Waals surface area contributed by atoms with Crippen molar-refractivity contribution in [3.8, 4) is 0 Å². The molecular weight excluding hydrogens is 188 g/mol. The van der Waals surface area contributed by atoms with Crippen LogP contribution in [0.4, 0.5) is 0 Å².